The number of para-hydroxylation sites is 2. The van der Waals surface area contributed by atoms with Crippen LogP contribution in [0.15, 0.2) is 72.8 Å². The zero-order chi connectivity index (χ0) is 32.2. The summed E-state index contributed by atoms with van der Waals surface area (Å²) in [7, 11) is -3.81. The van der Waals surface area contributed by atoms with E-state index in [1.54, 1.807) is 0 Å². The second kappa shape index (κ2) is 16.6. The van der Waals surface area contributed by atoms with Gasteiger partial charge in [-0.25, -0.2) is 4.57 Å². The molecule has 1 unspecified atom stereocenters. The van der Waals surface area contributed by atoms with E-state index < -0.39 is 13.3 Å². The molecule has 3 aromatic rings. The van der Waals surface area contributed by atoms with Crippen molar-refractivity contribution in [1.82, 2.24) is 0 Å². The molecule has 0 heterocycles. The number of phenols is 1. The van der Waals surface area contributed by atoms with Crippen molar-refractivity contribution >= 4 is 7.60 Å². The van der Waals surface area contributed by atoms with Gasteiger partial charge >= 0.3 is 7.60 Å². The van der Waals surface area contributed by atoms with Gasteiger partial charge in [0.25, 0.3) is 0 Å². The minimum absolute atomic E-state index is 0.313. The third kappa shape index (κ3) is 10.7. The standard InChI is InChI=1S/C39H57O4P/c1-8-9-10-11-12-13-14-15-16-23-28-36(31-29-34(38(2,3)4)37(40)35(30-31)39(5,6)7)44(41,42-32-24-19-17-20-25-32)43-33-26-21-18-22-27-33/h17-22,24-27,29-30,36,40H,8-16,23,28H2,1-7H3. The number of benzene rings is 3. The van der Waals surface area contributed by atoms with Gasteiger partial charge in [-0.1, -0.05) is 161 Å². The summed E-state index contributed by atoms with van der Waals surface area (Å²) < 4.78 is 28.1. The van der Waals surface area contributed by atoms with Crippen LogP contribution in [0.2, 0.25) is 0 Å². The van der Waals surface area contributed by atoms with Gasteiger partial charge in [0.05, 0.1) is 0 Å². The zero-order valence-corrected chi connectivity index (χ0v) is 29.3. The molecule has 1 atom stereocenters. The van der Waals surface area contributed by atoms with Crippen LogP contribution in [0.4, 0.5) is 0 Å². The lowest BCUT2D eigenvalue weighted by Crippen LogP contribution is -2.19. The van der Waals surface area contributed by atoms with Gasteiger partial charge in [0.15, 0.2) is 0 Å². The van der Waals surface area contributed by atoms with Crippen LogP contribution in [0, 0.1) is 0 Å². The van der Waals surface area contributed by atoms with Crippen molar-refractivity contribution < 1.29 is 18.7 Å². The van der Waals surface area contributed by atoms with Gasteiger partial charge in [0.2, 0.25) is 0 Å². The Balaban J connectivity index is 2.00. The van der Waals surface area contributed by atoms with Crippen molar-refractivity contribution in [3.63, 3.8) is 0 Å². The molecule has 242 valence electrons. The number of hydrogen-bond donors (Lipinski definition) is 1. The van der Waals surface area contributed by atoms with Crippen molar-refractivity contribution in [3.05, 3.63) is 89.5 Å². The summed E-state index contributed by atoms with van der Waals surface area (Å²) in [6, 6.07) is 22.8. The second-order valence-corrected chi connectivity index (χ2v) is 16.4. The van der Waals surface area contributed by atoms with E-state index in [1.165, 1.54) is 51.4 Å². The summed E-state index contributed by atoms with van der Waals surface area (Å²) in [5.74, 6) is 1.35. The first-order valence-corrected chi connectivity index (χ1v) is 18.4. The third-order valence-corrected chi connectivity index (χ3v) is 10.5. The molecule has 0 saturated carbocycles. The summed E-state index contributed by atoms with van der Waals surface area (Å²) in [5.41, 5.74) is 1.44. The van der Waals surface area contributed by atoms with Gasteiger partial charge in [0, 0.05) is 0 Å². The largest absolute Gasteiger partial charge is 0.507 e. The van der Waals surface area contributed by atoms with E-state index in [0.29, 0.717) is 23.7 Å². The van der Waals surface area contributed by atoms with Gasteiger partial charge in [-0.05, 0) is 58.2 Å². The maximum atomic E-state index is 15.2. The Morgan fingerprint density at radius 2 is 1.02 bits per heavy atom. The Hall–Kier alpha value is -2.71. The Morgan fingerprint density at radius 1 is 0.636 bits per heavy atom. The molecule has 0 aromatic heterocycles. The fraction of sp³-hybridized carbons (Fsp3) is 0.538. The van der Waals surface area contributed by atoms with E-state index in [-0.39, 0.29) is 10.8 Å². The maximum absolute atomic E-state index is 15.2. The summed E-state index contributed by atoms with van der Waals surface area (Å²) in [5, 5.41) is 11.5. The van der Waals surface area contributed by atoms with E-state index in [9.17, 15) is 5.11 Å². The molecule has 0 bridgehead atoms. The molecule has 0 saturated heterocycles. The molecule has 3 aromatic carbocycles. The van der Waals surface area contributed by atoms with E-state index in [2.05, 4.69) is 48.5 Å². The van der Waals surface area contributed by atoms with Crippen LogP contribution in [0.5, 0.6) is 17.2 Å². The lowest BCUT2D eigenvalue weighted by molar-refractivity contribution is 0.365. The van der Waals surface area contributed by atoms with Gasteiger partial charge in [0.1, 0.15) is 22.9 Å². The summed E-state index contributed by atoms with van der Waals surface area (Å²) in [6.07, 6.45) is 12.9. The van der Waals surface area contributed by atoms with Crippen molar-refractivity contribution in [2.75, 3.05) is 0 Å². The molecule has 0 aliphatic rings. The Morgan fingerprint density at radius 3 is 1.41 bits per heavy atom. The fourth-order valence-electron chi connectivity index (χ4n) is 5.73. The maximum Gasteiger partial charge on any atom is 0.438 e. The first-order chi connectivity index (χ1) is 20.8. The molecule has 1 N–H and O–H groups in total. The predicted molar refractivity (Wildman–Crippen MR) is 186 cm³/mol. The smallest absolute Gasteiger partial charge is 0.438 e. The average molecular weight is 621 g/mol. The molecule has 44 heavy (non-hydrogen) atoms. The van der Waals surface area contributed by atoms with Crippen LogP contribution in [0.1, 0.15) is 141 Å². The third-order valence-electron chi connectivity index (χ3n) is 8.30. The van der Waals surface area contributed by atoms with Crippen LogP contribution in [-0.4, -0.2) is 5.11 Å². The molecular weight excluding hydrogens is 563 g/mol. The summed E-state index contributed by atoms with van der Waals surface area (Å²) >= 11 is 0. The van der Waals surface area contributed by atoms with Crippen LogP contribution in [0.3, 0.4) is 0 Å². The normalized spacial score (nSPS) is 13.1. The molecule has 0 radical (unpaired) electrons. The van der Waals surface area contributed by atoms with Gasteiger partial charge < -0.3 is 14.2 Å². The number of aromatic hydroxyl groups is 1. The summed E-state index contributed by atoms with van der Waals surface area (Å²) in [6.45, 7) is 14.9. The lowest BCUT2D eigenvalue weighted by atomic mass is 9.78. The monoisotopic (exact) mass is 620 g/mol. The van der Waals surface area contributed by atoms with E-state index >= 15 is 4.57 Å². The SMILES string of the molecule is CCCCCCCCCCCCC(c1cc(C(C)(C)C)c(O)c(C(C)(C)C)c1)P(=O)(Oc1ccccc1)Oc1ccccc1. The molecule has 0 aliphatic carbocycles. The number of unbranched alkanes of at least 4 members (excludes halogenated alkanes) is 9. The molecular formula is C39H57O4P. The number of rotatable bonds is 17. The van der Waals surface area contributed by atoms with Crippen LogP contribution >= 0.6 is 7.60 Å². The van der Waals surface area contributed by atoms with Gasteiger partial charge in [-0.2, -0.15) is 0 Å². The molecule has 3 rings (SSSR count). The van der Waals surface area contributed by atoms with Crippen LogP contribution in [-0.2, 0) is 15.4 Å². The number of phenolic OH excluding ortho intramolecular Hbond substituents is 1. The molecule has 0 aliphatic heterocycles. The first-order valence-electron chi connectivity index (χ1n) is 16.8. The highest BCUT2D eigenvalue weighted by atomic mass is 31.2. The molecule has 0 spiro atoms. The highest BCUT2D eigenvalue weighted by Crippen LogP contribution is 2.63. The average Bonchev–Trinajstić information content (AvgIpc) is 2.96. The Labute approximate surface area is 268 Å². The van der Waals surface area contributed by atoms with Gasteiger partial charge in [-0.3, -0.25) is 0 Å². The molecule has 0 amide bonds. The highest BCUT2D eigenvalue weighted by Gasteiger charge is 2.42. The zero-order valence-electron chi connectivity index (χ0n) is 28.4. The molecule has 0 fully saturated rings. The fourth-order valence-corrected chi connectivity index (χ4v) is 7.86. The predicted octanol–water partition coefficient (Wildman–Crippen LogP) is 12.7. The summed E-state index contributed by atoms with van der Waals surface area (Å²) in [4.78, 5) is 0. The van der Waals surface area contributed by atoms with Crippen LogP contribution in [0.25, 0.3) is 0 Å². The Kier molecular flexibility index (Phi) is 13.5. The van der Waals surface area contributed by atoms with Crippen molar-refractivity contribution in [3.8, 4) is 17.2 Å². The van der Waals surface area contributed by atoms with E-state index in [1.807, 2.05) is 72.8 Å². The van der Waals surface area contributed by atoms with Gasteiger partial charge in [-0.15, -0.1) is 0 Å². The topological polar surface area (TPSA) is 55.8 Å². The van der Waals surface area contributed by atoms with E-state index in [0.717, 1.165) is 29.5 Å². The van der Waals surface area contributed by atoms with Crippen LogP contribution < -0.4 is 9.05 Å². The first kappa shape index (κ1) is 35.8. The Bertz CT molecular complexity index is 1220. The number of hydrogen-bond acceptors (Lipinski definition) is 4. The second-order valence-electron chi connectivity index (χ2n) is 14.3. The highest BCUT2D eigenvalue weighted by molar-refractivity contribution is 7.55. The minimum Gasteiger partial charge on any atom is -0.507 e. The van der Waals surface area contributed by atoms with E-state index in [4.69, 9.17) is 9.05 Å². The quantitative estimate of drug-likeness (QED) is 0.120. The van der Waals surface area contributed by atoms with Crippen molar-refractivity contribution in [1.29, 1.82) is 0 Å². The lowest BCUT2D eigenvalue weighted by Gasteiger charge is -2.32. The van der Waals surface area contributed by atoms with Crippen molar-refractivity contribution in [2.24, 2.45) is 0 Å². The molecule has 4 nitrogen and oxygen atoms in total. The molecule has 5 heteroatoms. The minimum atomic E-state index is -3.81. The van der Waals surface area contributed by atoms with Crippen molar-refractivity contribution in [2.45, 2.75) is 136 Å².